The fourth-order valence-electron chi connectivity index (χ4n) is 2.91. The summed E-state index contributed by atoms with van der Waals surface area (Å²) in [5, 5.41) is 4.15. The first-order valence-corrected chi connectivity index (χ1v) is 8.16. The molecule has 0 radical (unpaired) electrons. The van der Waals surface area contributed by atoms with E-state index in [1.54, 1.807) is 11.3 Å². The Bertz CT molecular complexity index is 813. The minimum absolute atomic E-state index is 0.00447. The average Bonchev–Trinajstić information content (AvgIpc) is 2.92. The van der Waals surface area contributed by atoms with Gasteiger partial charge in [-0.2, -0.15) is 0 Å². The molecule has 4 rings (SSSR count). The zero-order valence-corrected chi connectivity index (χ0v) is 12.8. The first kappa shape index (κ1) is 13.1. The van der Waals surface area contributed by atoms with Gasteiger partial charge in [-0.25, -0.2) is 0 Å². The topological polar surface area (TPSA) is 35.2 Å². The highest BCUT2D eigenvalue weighted by Crippen LogP contribution is 2.43. The number of rotatable bonds is 1. The van der Waals surface area contributed by atoms with Crippen molar-refractivity contribution in [3.05, 3.63) is 64.0 Å². The van der Waals surface area contributed by atoms with Crippen LogP contribution in [-0.4, -0.2) is 0 Å². The third kappa shape index (κ3) is 2.22. The number of benzene rings is 2. The Hall–Kier alpha value is -1.55. The van der Waals surface area contributed by atoms with Crippen molar-refractivity contribution in [2.24, 2.45) is 5.73 Å². The van der Waals surface area contributed by atoms with Crippen molar-refractivity contribution in [1.29, 1.82) is 0 Å². The molecule has 106 valence electrons. The summed E-state index contributed by atoms with van der Waals surface area (Å²) >= 11 is 7.80. The second kappa shape index (κ2) is 5.02. The maximum Gasteiger partial charge on any atom is 0.127 e. The van der Waals surface area contributed by atoms with E-state index in [1.165, 1.54) is 15.6 Å². The number of nitrogens with two attached hydrogens (primary N) is 1. The van der Waals surface area contributed by atoms with Gasteiger partial charge in [-0.05, 0) is 35.0 Å². The van der Waals surface area contributed by atoms with Gasteiger partial charge < -0.3 is 10.5 Å². The van der Waals surface area contributed by atoms with Crippen LogP contribution in [-0.2, 0) is 0 Å². The molecule has 2 heterocycles. The molecule has 1 unspecified atom stereocenters. The molecule has 0 saturated carbocycles. The molecule has 0 amide bonds. The fourth-order valence-corrected chi connectivity index (χ4v) is 4.10. The van der Waals surface area contributed by atoms with Gasteiger partial charge in [0.05, 0.1) is 0 Å². The van der Waals surface area contributed by atoms with Crippen molar-refractivity contribution >= 4 is 33.0 Å². The molecule has 1 aliphatic rings. The maximum absolute atomic E-state index is 6.32. The van der Waals surface area contributed by atoms with Crippen molar-refractivity contribution in [3.8, 4) is 5.75 Å². The third-order valence-electron chi connectivity index (χ3n) is 3.97. The van der Waals surface area contributed by atoms with Crippen molar-refractivity contribution in [1.82, 2.24) is 0 Å². The Labute approximate surface area is 132 Å². The highest BCUT2D eigenvalue weighted by atomic mass is 35.5. The van der Waals surface area contributed by atoms with Gasteiger partial charge in [0.15, 0.2) is 0 Å². The number of hydrogen-bond donors (Lipinski definition) is 1. The van der Waals surface area contributed by atoms with Crippen molar-refractivity contribution < 1.29 is 4.74 Å². The quantitative estimate of drug-likeness (QED) is 0.679. The smallest absolute Gasteiger partial charge is 0.127 e. The Morgan fingerprint density at radius 3 is 2.90 bits per heavy atom. The molecule has 1 aliphatic heterocycles. The maximum atomic E-state index is 6.32. The summed E-state index contributed by atoms with van der Waals surface area (Å²) < 4.78 is 7.46. The van der Waals surface area contributed by atoms with Crippen LogP contribution in [0.3, 0.4) is 0 Å². The third-order valence-corrected chi connectivity index (χ3v) is 5.18. The Kier molecular flexibility index (Phi) is 3.14. The van der Waals surface area contributed by atoms with Crippen molar-refractivity contribution in [3.63, 3.8) is 0 Å². The summed E-state index contributed by atoms with van der Waals surface area (Å²) in [6.07, 6.45) is 0.776. The van der Waals surface area contributed by atoms with Crippen LogP contribution in [0.15, 0.2) is 47.8 Å². The molecule has 1 aromatic heterocycles. The highest BCUT2D eigenvalue weighted by molar-refractivity contribution is 7.17. The van der Waals surface area contributed by atoms with E-state index in [4.69, 9.17) is 22.1 Å². The summed E-state index contributed by atoms with van der Waals surface area (Å²) in [4.78, 5) is 0. The van der Waals surface area contributed by atoms with E-state index in [1.807, 2.05) is 18.2 Å². The summed E-state index contributed by atoms with van der Waals surface area (Å²) in [5.41, 5.74) is 8.55. The molecular formula is C17H14ClNOS. The summed E-state index contributed by atoms with van der Waals surface area (Å²) in [7, 11) is 0. The van der Waals surface area contributed by atoms with E-state index >= 15 is 0 Å². The minimum Gasteiger partial charge on any atom is -0.485 e. The largest absolute Gasteiger partial charge is 0.485 e. The van der Waals surface area contributed by atoms with E-state index in [0.717, 1.165) is 17.7 Å². The molecule has 0 bridgehead atoms. The summed E-state index contributed by atoms with van der Waals surface area (Å²) in [6, 6.07) is 14.0. The molecule has 0 aliphatic carbocycles. The lowest BCUT2D eigenvalue weighted by Gasteiger charge is -2.30. The van der Waals surface area contributed by atoms with Crippen LogP contribution in [0.1, 0.15) is 29.7 Å². The normalized spacial score (nSPS) is 21.0. The lowest BCUT2D eigenvalue weighted by molar-refractivity contribution is 0.163. The lowest BCUT2D eigenvalue weighted by atomic mass is 9.93. The summed E-state index contributed by atoms with van der Waals surface area (Å²) in [6.45, 7) is 0. The molecule has 2 aromatic carbocycles. The predicted molar refractivity (Wildman–Crippen MR) is 88.2 cm³/mol. The molecule has 21 heavy (non-hydrogen) atoms. The van der Waals surface area contributed by atoms with Crippen LogP contribution in [0.4, 0.5) is 0 Å². The highest BCUT2D eigenvalue weighted by Gasteiger charge is 2.28. The molecular weight excluding hydrogens is 302 g/mol. The van der Waals surface area contributed by atoms with E-state index in [0.29, 0.717) is 5.02 Å². The van der Waals surface area contributed by atoms with Crippen LogP contribution in [0.2, 0.25) is 5.02 Å². The first-order valence-electron chi connectivity index (χ1n) is 6.90. The van der Waals surface area contributed by atoms with Gasteiger partial charge in [0.1, 0.15) is 11.9 Å². The monoisotopic (exact) mass is 315 g/mol. The van der Waals surface area contributed by atoms with Gasteiger partial charge in [-0.1, -0.05) is 29.8 Å². The molecule has 4 heteroatoms. The van der Waals surface area contributed by atoms with Crippen LogP contribution < -0.4 is 10.5 Å². The van der Waals surface area contributed by atoms with Crippen molar-refractivity contribution in [2.45, 2.75) is 18.6 Å². The predicted octanol–water partition coefficient (Wildman–Crippen LogP) is 5.08. The molecule has 0 saturated heterocycles. The van der Waals surface area contributed by atoms with Crippen LogP contribution in [0.25, 0.3) is 10.1 Å². The number of fused-ring (bicyclic) bond motifs is 2. The van der Waals surface area contributed by atoms with E-state index in [-0.39, 0.29) is 12.1 Å². The second-order valence-corrected chi connectivity index (χ2v) is 6.67. The zero-order valence-electron chi connectivity index (χ0n) is 11.3. The average molecular weight is 316 g/mol. The number of ether oxygens (including phenoxy) is 1. The summed E-state index contributed by atoms with van der Waals surface area (Å²) in [5.74, 6) is 0.846. The van der Waals surface area contributed by atoms with E-state index in [2.05, 4.69) is 29.6 Å². The van der Waals surface area contributed by atoms with Gasteiger partial charge in [-0.3, -0.25) is 0 Å². The fraction of sp³-hybridized carbons (Fsp3) is 0.176. The van der Waals surface area contributed by atoms with Gasteiger partial charge in [0.2, 0.25) is 0 Å². The standard InChI is InChI=1S/C17H14ClNOS/c18-10-5-6-15-12(7-10)14(19)8-16(20-15)13-9-21-17-4-2-1-3-11(13)17/h1-7,9,14,16H,8,19H2/t14-,16?/m1/s1. The van der Waals surface area contributed by atoms with Crippen LogP contribution in [0.5, 0.6) is 5.75 Å². The van der Waals surface area contributed by atoms with Gasteiger partial charge >= 0.3 is 0 Å². The molecule has 2 N–H and O–H groups in total. The van der Waals surface area contributed by atoms with Crippen molar-refractivity contribution in [2.75, 3.05) is 0 Å². The second-order valence-electron chi connectivity index (χ2n) is 5.32. The molecule has 3 aromatic rings. The van der Waals surface area contributed by atoms with Gasteiger partial charge in [-0.15, -0.1) is 11.3 Å². The molecule has 0 fully saturated rings. The zero-order chi connectivity index (χ0) is 14.4. The Balaban J connectivity index is 1.76. The molecule has 2 atom stereocenters. The lowest BCUT2D eigenvalue weighted by Crippen LogP contribution is -2.23. The number of hydrogen-bond acceptors (Lipinski definition) is 3. The number of halogens is 1. The van der Waals surface area contributed by atoms with Gasteiger partial charge in [0, 0.05) is 33.3 Å². The van der Waals surface area contributed by atoms with Crippen LogP contribution in [0, 0.1) is 0 Å². The van der Waals surface area contributed by atoms with E-state index < -0.39 is 0 Å². The molecule has 0 spiro atoms. The minimum atomic E-state index is -0.0453. The molecule has 2 nitrogen and oxygen atoms in total. The number of thiophene rings is 1. The van der Waals surface area contributed by atoms with Gasteiger partial charge in [0.25, 0.3) is 0 Å². The SMILES string of the molecule is N[C@@H]1CC(c2csc3ccccc23)Oc2ccc(Cl)cc21. The van der Waals surface area contributed by atoms with E-state index in [9.17, 15) is 0 Å². The Morgan fingerprint density at radius 2 is 2.00 bits per heavy atom. The Morgan fingerprint density at radius 1 is 1.14 bits per heavy atom. The first-order chi connectivity index (χ1) is 10.2. The van der Waals surface area contributed by atoms with Crippen LogP contribution >= 0.6 is 22.9 Å².